The predicted octanol–water partition coefficient (Wildman–Crippen LogP) is 4.23. The maximum atomic E-state index is 4.59. The number of thiazole rings is 1. The second kappa shape index (κ2) is 5.85. The molecule has 1 heterocycles. The molecule has 0 aliphatic carbocycles. The van der Waals surface area contributed by atoms with Gasteiger partial charge in [0, 0.05) is 29.2 Å². The highest BCUT2D eigenvalue weighted by Crippen LogP contribution is 2.31. The first-order valence-corrected chi connectivity index (χ1v) is 7.55. The number of rotatable bonds is 4. The third-order valence-corrected chi connectivity index (χ3v) is 4.14. The van der Waals surface area contributed by atoms with Crippen LogP contribution in [-0.4, -0.2) is 11.0 Å². The highest BCUT2D eigenvalue weighted by molar-refractivity contribution is 7.15. The summed E-state index contributed by atoms with van der Waals surface area (Å²) in [5, 5.41) is 4.57. The van der Waals surface area contributed by atoms with Gasteiger partial charge in [0.05, 0.1) is 0 Å². The van der Waals surface area contributed by atoms with Crippen molar-refractivity contribution in [3.05, 3.63) is 39.9 Å². The largest absolute Gasteiger partial charge is 0.310 e. The van der Waals surface area contributed by atoms with E-state index in [9.17, 15) is 0 Å². The molecule has 2 rings (SSSR count). The smallest absolute Gasteiger partial charge is 0.124 e. The molecule has 1 N–H and O–H groups in total. The second-order valence-electron chi connectivity index (χ2n) is 5.44. The van der Waals surface area contributed by atoms with Crippen LogP contribution in [0.25, 0.3) is 10.6 Å². The van der Waals surface area contributed by atoms with Gasteiger partial charge in [0.25, 0.3) is 0 Å². The molecule has 2 aromatic rings. The van der Waals surface area contributed by atoms with Crippen molar-refractivity contribution in [3.63, 3.8) is 0 Å². The number of nitrogens with zero attached hydrogens (tertiary/aromatic N) is 1. The number of hydrogen-bond donors (Lipinski definition) is 1. The molecule has 102 valence electrons. The van der Waals surface area contributed by atoms with Crippen molar-refractivity contribution in [1.82, 2.24) is 10.3 Å². The summed E-state index contributed by atoms with van der Waals surface area (Å²) in [6.45, 7) is 11.7. The molecule has 0 saturated carbocycles. The number of hydrogen-bond acceptors (Lipinski definition) is 3. The molecule has 0 atom stereocenters. The highest BCUT2D eigenvalue weighted by Gasteiger charge is 2.11. The maximum absolute atomic E-state index is 4.59. The Hall–Kier alpha value is -1.19. The number of nitrogens with one attached hydrogen (secondary N) is 1. The lowest BCUT2D eigenvalue weighted by molar-refractivity contribution is 0.593. The van der Waals surface area contributed by atoms with Crippen LogP contribution in [0, 0.1) is 20.8 Å². The van der Waals surface area contributed by atoms with E-state index in [1.807, 2.05) is 6.20 Å². The fourth-order valence-corrected chi connectivity index (χ4v) is 3.37. The summed E-state index contributed by atoms with van der Waals surface area (Å²) in [5.74, 6) is 0. The van der Waals surface area contributed by atoms with Crippen LogP contribution in [0.3, 0.4) is 0 Å². The minimum absolute atomic E-state index is 0.508. The quantitative estimate of drug-likeness (QED) is 0.902. The minimum atomic E-state index is 0.508. The average Bonchev–Trinajstić information content (AvgIpc) is 2.73. The Morgan fingerprint density at radius 2 is 1.79 bits per heavy atom. The Labute approximate surface area is 119 Å². The van der Waals surface area contributed by atoms with E-state index in [2.05, 4.69) is 57.1 Å². The molecule has 19 heavy (non-hydrogen) atoms. The zero-order chi connectivity index (χ0) is 14.0. The van der Waals surface area contributed by atoms with Gasteiger partial charge in [-0.2, -0.15) is 0 Å². The molecule has 0 saturated heterocycles. The molecule has 0 amide bonds. The first-order valence-electron chi connectivity index (χ1n) is 6.73. The van der Waals surface area contributed by atoms with Crippen molar-refractivity contribution >= 4 is 11.3 Å². The van der Waals surface area contributed by atoms with E-state index in [1.54, 1.807) is 11.3 Å². The van der Waals surface area contributed by atoms with Gasteiger partial charge in [0.15, 0.2) is 0 Å². The third-order valence-electron chi connectivity index (χ3n) is 3.13. The number of benzene rings is 1. The summed E-state index contributed by atoms with van der Waals surface area (Å²) in [6, 6.07) is 4.97. The molecule has 2 nitrogen and oxygen atoms in total. The zero-order valence-corrected chi connectivity index (χ0v) is 13.2. The van der Waals surface area contributed by atoms with Crippen LogP contribution in [-0.2, 0) is 6.54 Å². The summed E-state index contributed by atoms with van der Waals surface area (Å²) in [6.07, 6.45) is 1.99. The molecule has 1 aromatic carbocycles. The van der Waals surface area contributed by atoms with E-state index in [4.69, 9.17) is 0 Å². The second-order valence-corrected chi connectivity index (χ2v) is 6.56. The number of aryl methyl sites for hydroxylation is 3. The van der Waals surface area contributed by atoms with E-state index < -0.39 is 0 Å². The first kappa shape index (κ1) is 14.2. The van der Waals surface area contributed by atoms with Crippen molar-refractivity contribution < 1.29 is 0 Å². The van der Waals surface area contributed by atoms with Gasteiger partial charge in [0.1, 0.15) is 5.01 Å². The van der Waals surface area contributed by atoms with Gasteiger partial charge in [-0.05, 0) is 31.9 Å². The third kappa shape index (κ3) is 3.43. The van der Waals surface area contributed by atoms with Gasteiger partial charge in [0.2, 0.25) is 0 Å². The van der Waals surface area contributed by atoms with Crippen molar-refractivity contribution in [2.45, 2.75) is 47.2 Å². The van der Waals surface area contributed by atoms with Crippen LogP contribution < -0.4 is 5.32 Å². The number of aromatic nitrogens is 1. The average molecular weight is 274 g/mol. The van der Waals surface area contributed by atoms with Crippen LogP contribution >= 0.6 is 11.3 Å². The summed E-state index contributed by atoms with van der Waals surface area (Å²) in [5.41, 5.74) is 5.24. The molecular weight excluding hydrogens is 252 g/mol. The van der Waals surface area contributed by atoms with Gasteiger partial charge in [-0.25, -0.2) is 4.98 Å². The fourth-order valence-electron chi connectivity index (χ4n) is 2.33. The molecule has 0 aliphatic rings. The maximum Gasteiger partial charge on any atom is 0.124 e. The summed E-state index contributed by atoms with van der Waals surface area (Å²) >= 11 is 1.79. The van der Waals surface area contributed by atoms with E-state index in [0.29, 0.717) is 6.04 Å². The van der Waals surface area contributed by atoms with Gasteiger partial charge >= 0.3 is 0 Å². The Balaban J connectivity index is 2.28. The van der Waals surface area contributed by atoms with Gasteiger partial charge in [-0.15, -0.1) is 11.3 Å². The van der Waals surface area contributed by atoms with E-state index in [1.165, 1.54) is 27.1 Å². The lowest BCUT2D eigenvalue weighted by atomic mass is 10.0. The van der Waals surface area contributed by atoms with Gasteiger partial charge in [-0.3, -0.25) is 0 Å². The molecule has 3 heteroatoms. The first-order chi connectivity index (χ1) is 8.97. The topological polar surface area (TPSA) is 24.9 Å². The van der Waals surface area contributed by atoms with Crippen LogP contribution in [0.5, 0.6) is 0 Å². The summed E-state index contributed by atoms with van der Waals surface area (Å²) in [4.78, 5) is 5.89. The molecule has 0 aliphatic heterocycles. The lowest BCUT2D eigenvalue weighted by Gasteiger charge is -2.08. The molecule has 0 radical (unpaired) electrons. The van der Waals surface area contributed by atoms with Crippen LogP contribution in [0.4, 0.5) is 0 Å². The van der Waals surface area contributed by atoms with Crippen molar-refractivity contribution in [3.8, 4) is 10.6 Å². The van der Waals surface area contributed by atoms with Crippen molar-refractivity contribution in [1.29, 1.82) is 0 Å². The molecule has 0 spiro atoms. The Morgan fingerprint density at radius 3 is 2.37 bits per heavy atom. The molecule has 1 aromatic heterocycles. The van der Waals surface area contributed by atoms with Crippen molar-refractivity contribution in [2.75, 3.05) is 0 Å². The van der Waals surface area contributed by atoms with Crippen LogP contribution in [0.1, 0.15) is 35.4 Å². The van der Waals surface area contributed by atoms with E-state index in [0.717, 1.165) is 11.6 Å². The van der Waals surface area contributed by atoms with Gasteiger partial charge < -0.3 is 5.32 Å². The predicted molar refractivity (Wildman–Crippen MR) is 83.7 cm³/mol. The zero-order valence-electron chi connectivity index (χ0n) is 12.4. The fraction of sp³-hybridized carbons (Fsp3) is 0.438. The van der Waals surface area contributed by atoms with E-state index in [-0.39, 0.29) is 0 Å². The van der Waals surface area contributed by atoms with Gasteiger partial charge in [-0.1, -0.05) is 31.5 Å². The Bertz CT molecular complexity index is 547. The highest BCUT2D eigenvalue weighted by atomic mass is 32.1. The SMILES string of the molecule is Cc1cc(C)c(-c2ncc(CNC(C)C)s2)c(C)c1. The van der Waals surface area contributed by atoms with Crippen molar-refractivity contribution in [2.24, 2.45) is 0 Å². The lowest BCUT2D eigenvalue weighted by Crippen LogP contribution is -2.21. The Morgan fingerprint density at radius 1 is 1.16 bits per heavy atom. The molecular formula is C16H22N2S. The minimum Gasteiger partial charge on any atom is -0.310 e. The summed E-state index contributed by atoms with van der Waals surface area (Å²) < 4.78 is 0. The normalized spacial score (nSPS) is 11.3. The standard InChI is InChI=1S/C16H22N2S/c1-10(2)17-8-14-9-18-16(19-14)15-12(4)6-11(3)7-13(15)5/h6-7,9-10,17H,8H2,1-5H3. The van der Waals surface area contributed by atoms with E-state index >= 15 is 0 Å². The Kier molecular flexibility index (Phi) is 4.38. The molecule has 0 bridgehead atoms. The monoisotopic (exact) mass is 274 g/mol. The van der Waals surface area contributed by atoms with Crippen LogP contribution in [0.2, 0.25) is 0 Å². The van der Waals surface area contributed by atoms with Crippen LogP contribution in [0.15, 0.2) is 18.3 Å². The molecule has 0 unspecified atom stereocenters. The summed E-state index contributed by atoms with van der Waals surface area (Å²) in [7, 11) is 0. The molecule has 0 fully saturated rings.